The van der Waals surface area contributed by atoms with Gasteiger partial charge in [-0.2, -0.15) is 13.5 Å². The Morgan fingerprint density at radius 3 is 2.90 bits per heavy atom. The first-order chi connectivity index (χ1) is 9.44. The van der Waals surface area contributed by atoms with Crippen molar-refractivity contribution in [2.45, 2.75) is 18.9 Å². The first-order valence-corrected chi connectivity index (χ1v) is 8.03. The molecule has 0 unspecified atom stereocenters. The smallest absolute Gasteiger partial charge is 0.341 e. The maximum atomic E-state index is 12.1. The lowest BCUT2D eigenvalue weighted by atomic mass is 10.3. The fourth-order valence-electron chi connectivity index (χ4n) is 1.52. The number of ether oxygens (including phenoxy) is 1. The lowest BCUT2D eigenvalue weighted by Gasteiger charge is -2.06. The van der Waals surface area contributed by atoms with Crippen LogP contribution >= 0.6 is 11.3 Å². The van der Waals surface area contributed by atoms with Crippen molar-refractivity contribution in [1.29, 1.82) is 0 Å². The van der Waals surface area contributed by atoms with Gasteiger partial charge in [0.1, 0.15) is 5.00 Å². The van der Waals surface area contributed by atoms with E-state index in [2.05, 4.69) is 14.9 Å². The minimum Gasteiger partial charge on any atom is -0.462 e. The first kappa shape index (κ1) is 14.5. The van der Waals surface area contributed by atoms with Crippen molar-refractivity contribution in [3.05, 3.63) is 28.8 Å². The predicted octanol–water partition coefficient (Wildman–Crippen LogP) is 1.76. The number of aryl methyl sites for hydroxylation is 1. The number of hydrogen-bond acceptors (Lipinski definition) is 6. The molecule has 0 atom stereocenters. The molecule has 0 aromatic carbocycles. The normalized spacial score (nSPS) is 11.3. The summed E-state index contributed by atoms with van der Waals surface area (Å²) in [5, 5.41) is 6.12. The molecule has 0 bridgehead atoms. The number of carbonyl (C=O) groups excluding carboxylic acids is 1. The van der Waals surface area contributed by atoms with E-state index in [1.165, 1.54) is 23.6 Å². The molecule has 0 saturated heterocycles. The number of esters is 1. The molecule has 20 heavy (non-hydrogen) atoms. The van der Waals surface area contributed by atoms with Gasteiger partial charge in [-0.3, -0.25) is 9.82 Å². The molecule has 7 nitrogen and oxygen atoms in total. The van der Waals surface area contributed by atoms with E-state index >= 15 is 0 Å². The highest BCUT2D eigenvalue weighted by atomic mass is 32.2. The molecular weight excluding hydrogens is 302 g/mol. The van der Waals surface area contributed by atoms with Crippen LogP contribution in [0.3, 0.4) is 0 Å². The van der Waals surface area contributed by atoms with Crippen molar-refractivity contribution in [2.75, 3.05) is 11.3 Å². The topological polar surface area (TPSA) is 101 Å². The predicted molar refractivity (Wildman–Crippen MR) is 74.4 cm³/mol. The van der Waals surface area contributed by atoms with Crippen molar-refractivity contribution in [2.24, 2.45) is 0 Å². The third-order valence-corrected chi connectivity index (χ3v) is 4.72. The van der Waals surface area contributed by atoms with E-state index in [1.807, 2.05) is 0 Å². The Balaban J connectivity index is 2.32. The lowest BCUT2D eigenvalue weighted by molar-refractivity contribution is 0.0528. The molecule has 2 aromatic rings. The second-order valence-electron chi connectivity index (χ2n) is 3.85. The molecule has 0 fully saturated rings. The number of sulfonamides is 1. The van der Waals surface area contributed by atoms with Gasteiger partial charge >= 0.3 is 5.97 Å². The molecule has 0 radical (unpaired) electrons. The number of anilines is 1. The molecule has 2 heterocycles. The van der Waals surface area contributed by atoms with Gasteiger partial charge < -0.3 is 4.74 Å². The van der Waals surface area contributed by atoms with E-state index < -0.39 is 16.0 Å². The summed E-state index contributed by atoms with van der Waals surface area (Å²) >= 11 is 1.17. The average molecular weight is 315 g/mol. The van der Waals surface area contributed by atoms with Crippen molar-refractivity contribution < 1.29 is 17.9 Å². The zero-order valence-corrected chi connectivity index (χ0v) is 12.5. The van der Waals surface area contributed by atoms with E-state index in [0.717, 1.165) is 4.88 Å². The Labute approximate surface area is 120 Å². The van der Waals surface area contributed by atoms with Gasteiger partial charge in [0.05, 0.1) is 18.4 Å². The number of aromatic amines is 1. The minimum absolute atomic E-state index is 0.0710. The summed E-state index contributed by atoms with van der Waals surface area (Å²) in [6.07, 6.45) is 1.33. The maximum absolute atomic E-state index is 12.1. The summed E-state index contributed by atoms with van der Waals surface area (Å²) < 4.78 is 31.4. The van der Waals surface area contributed by atoms with Crippen molar-refractivity contribution in [3.63, 3.8) is 0 Å². The molecule has 0 spiro atoms. The van der Waals surface area contributed by atoms with Crippen LogP contribution in [-0.2, 0) is 14.8 Å². The molecule has 0 aliphatic heterocycles. The molecule has 2 N–H and O–H groups in total. The highest BCUT2D eigenvalue weighted by Crippen LogP contribution is 2.30. The zero-order valence-electron chi connectivity index (χ0n) is 10.8. The summed E-state index contributed by atoms with van der Waals surface area (Å²) in [7, 11) is -3.79. The van der Waals surface area contributed by atoms with E-state index in [4.69, 9.17) is 4.74 Å². The van der Waals surface area contributed by atoms with Gasteiger partial charge in [0.2, 0.25) is 0 Å². The molecule has 0 amide bonds. The Kier molecular flexibility index (Phi) is 4.09. The van der Waals surface area contributed by atoms with Crippen LogP contribution in [0.2, 0.25) is 0 Å². The second kappa shape index (κ2) is 5.63. The fourth-order valence-corrected chi connectivity index (χ4v) is 3.64. The number of aromatic nitrogens is 2. The van der Waals surface area contributed by atoms with E-state index in [9.17, 15) is 13.2 Å². The van der Waals surface area contributed by atoms with Crippen molar-refractivity contribution in [3.8, 4) is 0 Å². The van der Waals surface area contributed by atoms with Crippen LogP contribution in [0.4, 0.5) is 5.00 Å². The third-order valence-electron chi connectivity index (χ3n) is 2.34. The number of rotatable bonds is 5. The Morgan fingerprint density at radius 1 is 1.55 bits per heavy atom. The number of hydrogen-bond donors (Lipinski definition) is 2. The lowest BCUT2D eigenvalue weighted by Crippen LogP contribution is -2.15. The third kappa shape index (κ3) is 2.99. The summed E-state index contributed by atoms with van der Waals surface area (Å²) in [5.74, 6) is -0.556. The van der Waals surface area contributed by atoms with E-state index in [0.29, 0.717) is 0 Å². The second-order valence-corrected chi connectivity index (χ2v) is 6.75. The number of nitrogens with zero attached hydrogens (tertiary/aromatic N) is 1. The number of H-pyrrole nitrogens is 1. The molecule has 0 aliphatic carbocycles. The average Bonchev–Trinajstić information content (AvgIpc) is 2.98. The van der Waals surface area contributed by atoms with Gasteiger partial charge in [0.25, 0.3) is 10.0 Å². The van der Waals surface area contributed by atoms with Crippen molar-refractivity contribution >= 4 is 32.3 Å². The number of carbonyl (C=O) groups is 1. The van der Waals surface area contributed by atoms with Crippen LogP contribution in [0.15, 0.2) is 23.4 Å². The molecule has 0 saturated carbocycles. The van der Waals surface area contributed by atoms with Crippen LogP contribution in [-0.4, -0.2) is 31.2 Å². The SMILES string of the molecule is CCOC(=O)c1cc(C)sc1NS(=O)(=O)c1ccn[nH]1. The van der Waals surface area contributed by atoms with Crippen LogP contribution in [0.5, 0.6) is 0 Å². The Hall–Kier alpha value is -1.87. The molecule has 2 rings (SSSR count). The van der Waals surface area contributed by atoms with Gasteiger partial charge in [-0.1, -0.05) is 0 Å². The van der Waals surface area contributed by atoms with E-state index in [1.54, 1.807) is 19.9 Å². The van der Waals surface area contributed by atoms with Crippen LogP contribution in [0, 0.1) is 6.92 Å². The molecule has 108 valence electrons. The first-order valence-electron chi connectivity index (χ1n) is 5.74. The number of thiophene rings is 1. The Morgan fingerprint density at radius 2 is 2.30 bits per heavy atom. The van der Waals surface area contributed by atoms with Gasteiger partial charge in [0, 0.05) is 4.88 Å². The summed E-state index contributed by atoms with van der Waals surface area (Å²) in [6.45, 7) is 3.69. The number of nitrogens with one attached hydrogen (secondary N) is 2. The fraction of sp³-hybridized carbons (Fsp3) is 0.273. The zero-order chi connectivity index (χ0) is 14.8. The van der Waals surface area contributed by atoms with Gasteiger partial charge in [-0.05, 0) is 26.0 Å². The highest BCUT2D eigenvalue weighted by Gasteiger charge is 2.22. The quantitative estimate of drug-likeness (QED) is 0.819. The highest BCUT2D eigenvalue weighted by molar-refractivity contribution is 7.92. The van der Waals surface area contributed by atoms with E-state index in [-0.39, 0.29) is 22.2 Å². The van der Waals surface area contributed by atoms with Gasteiger partial charge in [-0.15, -0.1) is 11.3 Å². The molecule has 9 heteroatoms. The molecular formula is C11H13N3O4S2. The van der Waals surface area contributed by atoms with Gasteiger partial charge in [0.15, 0.2) is 5.03 Å². The van der Waals surface area contributed by atoms with Crippen LogP contribution in [0.1, 0.15) is 22.2 Å². The summed E-state index contributed by atoms with van der Waals surface area (Å²) in [4.78, 5) is 12.6. The molecule has 2 aromatic heterocycles. The summed E-state index contributed by atoms with van der Waals surface area (Å²) in [6, 6.07) is 2.92. The Bertz CT molecular complexity index is 704. The van der Waals surface area contributed by atoms with Crippen LogP contribution in [0.25, 0.3) is 0 Å². The van der Waals surface area contributed by atoms with Crippen LogP contribution < -0.4 is 4.72 Å². The maximum Gasteiger partial charge on any atom is 0.341 e. The van der Waals surface area contributed by atoms with Gasteiger partial charge in [-0.25, -0.2) is 4.79 Å². The minimum atomic E-state index is -3.79. The monoisotopic (exact) mass is 315 g/mol. The molecule has 0 aliphatic rings. The standard InChI is InChI=1S/C11H13N3O4S2/c1-3-18-11(15)8-6-7(2)19-10(8)14-20(16,17)9-4-5-12-13-9/h4-6,14H,3H2,1-2H3,(H,12,13). The largest absolute Gasteiger partial charge is 0.462 e. The summed E-state index contributed by atoms with van der Waals surface area (Å²) in [5.41, 5.74) is 0.206. The van der Waals surface area contributed by atoms with Crippen molar-refractivity contribution in [1.82, 2.24) is 10.2 Å².